The van der Waals surface area contributed by atoms with Crippen LogP contribution in [0.1, 0.15) is 272 Å². The monoisotopic (exact) mass is 1950 g/mol. The van der Waals surface area contributed by atoms with Crippen molar-refractivity contribution < 1.29 is 193 Å². The van der Waals surface area contributed by atoms with Crippen molar-refractivity contribution in [1.29, 1.82) is 0 Å². The Morgan fingerprint density at radius 3 is 1.30 bits per heavy atom. The number of amides is 3. The van der Waals surface area contributed by atoms with Crippen molar-refractivity contribution in [3.8, 4) is 0 Å². The van der Waals surface area contributed by atoms with Crippen LogP contribution in [-0.4, -0.2) is 390 Å². The number of carboxylic acid groups (broad SMARTS) is 2. The lowest BCUT2D eigenvalue weighted by atomic mass is 9.86. The lowest BCUT2D eigenvalue weighted by molar-refractivity contribution is -0.407. The molecule has 784 valence electrons. The SMILES string of the molecule is CCCCCCCC/C=C/CCCCCCCCCCCCCCCC(=O)N[C@@H](CO[C@@H]1O[C@H](CO)[C@@H](O[C@@H]2O[C@H](CO)[C@H](O[C@@H]3O[C@H](CO)[C@H](O)[C@H](O[C@@H]4O[C@H](CO)[C@H](O)[C@H](O)[C@H]4O)[C@H]3CC(C)=O)[C@H](O[C@]3(C(=O)O)C[C@H](O)[C@@H](NC(C)=O)C([C@H](O)[C@@H](CO)O[C@]4(C(=O)O)C[C@H](O)[C@@H](NC(C)=O)C([C@H](O)[C@H](O)CO)O4)O3)[C@H]2O)[C@H](O)[C@H]1O)[C@H](O)/C=C/CCCCCCCCCCCCC. The molecule has 2 unspecified atom stereocenters. The molecule has 0 aromatic rings. The highest BCUT2D eigenvalue weighted by molar-refractivity contribution is 5.78. The first kappa shape index (κ1) is 119. The normalized spacial score (nSPS) is 33.8. The number of carbonyl (C=O) groups is 6. The van der Waals surface area contributed by atoms with Gasteiger partial charge >= 0.3 is 11.9 Å². The molecule has 24 N–H and O–H groups in total. The van der Waals surface area contributed by atoms with Crippen LogP contribution in [0, 0.1) is 5.92 Å². The highest BCUT2D eigenvalue weighted by atomic mass is 16.8. The van der Waals surface area contributed by atoms with Crippen molar-refractivity contribution in [2.75, 3.05) is 46.2 Å². The second kappa shape index (κ2) is 62.6. The van der Waals surface area contributed by atoms with Crippen LogP contribution < -0.4 is 16.0 Å². The number of rotatable bonds is 67. The quantitative estimate of drug-likeness (QED) is 0.0284. The predicted molar refractivity (Wildman–Crippen MR) is 478 cm³/mol. The lowest BCUT2D eigenvalue weighted by Crippen LogP contribution is -2.72. The first-order chi connectivity index (χ1) is 64.6. The number of unbranched alkanes of at least 4 members (excludes halogenated alkanes) is 30. The third-order valence-electron chi connectivity index (χ3n) is 26.0. The fraction of sp³-hybridized carbons (Fsp3) is 0.892. The molecule has 42 heteroatoms. The van der Waals surface area contributed by atoms with Gasteiger partial charge < -0.3 is 185 Å². The van der Waals surface area contributed by atoms with Gasteiger partial charge in [0.25, 0.3) is 11.6 Å². The van der Waals surface area contributed by atoms with Crippen LogP contribution >= 0.6 is 0 Å². The van der Waals surface area contributed by atoms with Crippen molar-refractivity contribution in [3.63, 3.8) is 0 Å². The largest absolute Gasteiger partial charge is 0.477 e. The molecule has 0 aromatic heterocycles. The molecule has 6 aliphatic rings. The summed E-state index contributed by atoms with van der Waals surface area (Å²) in [5.41, 5.74) is 0. The highest BCUT2D eigenvalue weighted by Gasteiger charge is 2.64. The number of Topliss-reactive ketones (excluding diaryl/α,β-unsaturated/α-hetero) is 1. The topological polar surface area (TPSA) is 674 Å². The number of aliphatic carboxylic acids is 2. The van der Waals surface area contributed by atoms with E-state index in [1.54, 1.807) is 6.08 Å². The van der Waals surface area contributed by atoms with E-state index < -0.39 is 308 Å². The maximum absolute atomic E-state index is 14.5. The van der Waals surface area contributed by atoms with Gasteiger partial charge in [0, 0.05) is 45.4 Å². The van der Waals surface area contributed by atoms with Crippen LogP contribution in [0.3, 0.4) is 0 Å². The fourth-order valence-electron chi connectivity index (χ4n) is 18.3. The number of ether oxygens (including phenoxy) is 12. The molecular formula is C93H163N3O39. The van der Waals surface area contributed by atoms with Gasteiger partial charge in [-0.25, -0.2) is 9.59 Å². The van der Waals surface area contributed by atoms with Crippen LogP contribution in [0.5, 0.6) is 0 Å². The molecule has 0 bridgehead atoms. The van der Waals surface area contributed by atoms with E-state index in [1.807, 2.05) is 0 Å². The van der Waals surface area contributed by atoms with E-state index >= 15 is 0 Å². The van der Waals surface area contributed by atoms with Crippen LogP contribution in [0.2, 0.25) is 0 Å². The van der Waals surface area contributed by atoms with Crippen LogP contribution in [0.15, 0.2) is 24.3 Å². The van der Waals surface area contributed by atoms with Crippen molar-refractivity contribution in [3.05, 3.63) is 24.3 Å². The standard InChI is InChI=1S/C93H163N3O39/c1-6-8-10-12-14-16-18-20-21-22-23-24-25-26-27-28-29-31-33-35-37-39-41-43-68(110)96-58(59(106)42-40-38-36-34-32-30-19-17-15-13-11-9-7-2)53-124-87-78(118)76(116)81(66(51-101)127-87)130-89-79(119)85(82(67(52-102)128-89)131-86-57(44-54(3)103)80(73(113)64(49-99)125-86)129-88-77(117)75(115)72(112)63(48-98)126-88)135-93(91(122)123)46-61(108)70(95-56(5)105)84(134-93)74(114)65(50-100)132-92(90(120)121)45-60(107)69(94-55(4)104)83(133-92)71(111)62(109)47-97/h20-21,40,42,57-67,69-89,97-102,106-109,111-119H,6-19,22-39,41,43-53H2,1-5H3,(H,94,104)(H,95,105)(H,96,110)(H,120,121)(H,122,123)/b21-20+,42-40+/t57-,58+,59-,60+,61+,62-,63-,64-,65-,66-,67-,69-,70-,71-,72+,73+,74-,75+,76-,77-,78-,79-,80-,81-,82+,83?,84?,85-,86+,87-,88+,89+,92-,93+/m1/s1. The smallest absolute Gasteiger partial charge is 0.364 e. The number of aliphatic hydroxyl groups excluding tert-OH is 19. The molecule has 3 amide bonds. The highest BCUT2D eigenvalue weighted by Crippen LogP contribution is 2.44. The number of carbonyl (C=O) groups excluding carboxylic acids is 4. The number of nitrogens with one attached hydrogen (secondary N) is 3. The Hall–Kier alpha value is -4.74. The molecule has 34 atom stereocenters. The van der Waals surface area contributed by atoms with Gasteiger partial charge in [-0.2, -0.15) is 0 Å². The van der Waals surface area contributed by atoms with Gasteiger partial charge in [0.05, 0.1) is 88.8 Å². The first-order valence-electron chi connectivity index (χ1n) is 49.1. The van der Waals surface area contributed by atoms with Crippen LogP contribution in [0.4, 0.5) is 0 Å². The summed E-state index contributed by atoms with van der Waals surface area (Å²) in [7, 11) is 0. The second-order valence-corrected chi connectivity index (χ2v) is 37.1. The summed E-state index contributed by atoms with van der Waals surface area (Å²) in [4.78, 5) is 80.7. The van der Waals surface area contributed by atoms with E-state index in [1.165, 1.54) is 128 Å². The van der Waals surface area contributed by atoms with Gasteiger partial charge in [-0.3, -0.25) is 14.4 Å². The molecule has 0 aliphatic carbocycles. The molecule has 0 aromatic carbocycles. The van der Waals surface area contributed by atoms with Gasteiger partial charge in [-0.1, -0.05) is 205 Å². The summed E-state index contributed by atoms with van der Waals surface area (Å²) >= 11 is 0. The minimum atomic E-state index is -3.68. The average molecular weight is 1950 g/mol. The Balaban J connectivity index is 1.27. The van der Waals surface area contributed by atoms with Gasteiger partial charge in [0.15, 0.2) is 25.2 Å². The Bertz CT molecular complexity index is 3400. The van der Waals surface area contributed by atoms with E-state index in [-0.39, 0.29) is 6.42 Å². The maximum atomic E-state index is 14.5. The predicted octanol–water partition coefficient (Wildman–Crippen LogP) is 0.119. The summed E-state index contributed by atoms with van der Waals surface area (Å²) < 4.78 is 72.6. The number of aliphatic hydroxyl groups is 19. The number of hydrogen-bond donors (Lipinski definition) is 24. The Morgan fingerprint density at radius 1 is 0.422 bits per heavy atom. The molecule has 6 saturated heterocycles. The Morgan fingerprint density at radius 2 is 0.830 bits per heavy atom. The molecule has 42 nitrogen and oxygen atoms in total. The fourth-order valence-corrected chi connectivity index (χ4v) is 18.3. The number of ketones is 1. The van der Waals surface area contributed by atoms with Gasteiger partial charge in [0.2, 0.25) is 17.7 Å². The molecule has 0 spiro atoms. The molecule has 6 aliphatic heterocycles. The molecule has 6 fully saturated rings. The zero-order valence-electron chi connectivity index (χ0n) is 79.1. The Kier molecular flexibility index (Phi) is 55.2. The summed E-state index contributed by atoms with van der Waals surface area (Å²) in [6.45, 7) is -0.763. The number of hydrogen-bond acceptors (Lipinski definition) is 37. The van der Waals surface area contributed by atoms with Gasteiger partial charge in [-0.15, -0.1) is 0 Å². The molecular weight excluding hydrogens is 1780 g/mol. The van der Waals surface area contributed by atoms with E-state index in [4.69, 9.17) is 56.8 Å². The first-order valence-corrected chi connectivity index (χ1v) is 49.1. The third kappa shape index (κ3) is 36.9. The van der Waals surface area contributed by atoms with Crippen LogP contribution in [0.25, 0.3) is 0 Å². The Labute approximate surface area is 791 Å². The molecule has 135 heavy (non-hydrogen) atoms. The van der Waals surface area contributed by atoms with E-state index in [0.717, 1.165) is 97.8 Å². The summed E-state index contributed by atoms with van der Waals surface area (Å²) in [5, 5.41) is 246. The minimum absolute atomic E-state index is 0.0857. The summed E-state index contributed by atoms with van der Waals surface area (Å²) in [6.07, 6.45) is -20.1. The van der Waals surface area contributed by atoms with Crippen LogP contribution in [-0.2, 0) is 85.6 Å². The van der Waals surface area contributed by atoms with Gasteiger partial charge in [0.1, 0.15) is 128 Å². The van der Waals surface area contributed by atoms with Crippen molar-refractivity contribution in [2.45, 2.75) is 474 Å². The zero-order chi connectivity index (χ0) is 99.5. The zero-order valence-corrected chi connectivity index (χ0v) is 79.1. The molecule has 0 radical (unpaired) electrons. The minimum Gasteiger partial charge on any atom is -0.477 e. The van der Waals surface area contributed by atoms with E-state index in [9.17, 15) is 136 Å². The number of carboxylic acids is 2. The van der Waals surface area contributed by atoms with E-state index in [2.05, 4.69) is 41.9 Å². The lowest BCUT2D eigenvalue weighted by Gasteiger charge is -2.53. The second-order valence-electron chi connectivity index (χ2n) is 37.1. The van der Waals surface area contributed by atoms with Crippen molar-refractivity contribution in [2.24, 2.45) is 5.92 Å². The summed E-state index contributed by atoms with van der Waals surface area (Å²) in [6, 6.07) is -5.10. The van der Waals surface area contributed by atoms with E-state index in [0.29, 0.717) is 12.8 Å². The number of allylic oxidation sites excluding steroid dienone is 3. The van der Waals surface area contributed by atoms with Crippen molar-refractivity contribution >= 4 is 35.4 Å². The third-order valence-corrected chi connectivity index (χ3v) is 26.0. The average Bonchev–Trinajstić information content (AvgIpc) is 0.741. The molecule has 0 saturated carbocycles. The molecule has 6 heterocycles. The van der Waals surface area contributed by atoms with Crippen molar-refractivity contribution in [1.82, 2.24) is 16.0 Å². The molecule has 6 rings (SSSR count). The maximum Gasteiger partial charge on any atom is 0.364 e. The summed E-state index contributed by atoms with van der Waals surface area (Å²) in [5.74, 6) is -16.5. The van der Waals surface area contributed by atoms with Gasteiger partial charge in [-0.05, 0) is 51.9 Å².